The molecule has 2 amide bonds. The van der Waals surface area contributed by atoms with Crippen molar-refractivity contribution in [3.63, 3.8) is 0 Å². The van der Waals surface area contributed by atoms with E-state index in [-0.39, 0.29) is 30.2 Å². The summed E-state index contributed by atoms with van der Waals surface area (Å²) in [6.07, 6.45) is 0.239. The average molecular weight is 343 g/mol. The summed E-state index contributed by atoms with van der Waals surface area (Å²) < 4.78 is 0. The van der Waals surface area contributed by atoms with Gasteiger partial charge in [-0.15, -0.1) is 0 Å². The summed E-state index contributed by atoms with van der Waals surface area (Å²) in [7, 11) is 0. The van der Waals surface area contributed by atoms with Crippen LogP contribution in [0, 0.1) is 5.92 Å². The lowest BCUT2D eigenvalue weighted by Gasteiger charge is -2.19. The van der Waals surface area contributed by atoms with Crippen LogP contribution in [0.25, 0.3) is 0 Å². The fourth-order valence-electron chi connectivity index (χ4n) is 2.93. The van der Waals surface area contributed by atoms with Gasteiger partial charge < -0.3 is 10.2 Å². The van der Waals surface area contributed by atoms with E-state index in [9.17, 15) is 9.59 Å². The van der Waals surface area contributed by atoms with Crippen LogP contribution in [0.3, 0.4) is 0 Å². The number of para-hydroxylation sites is 1. The number of hydrogen-bond acceptors (Lipinski definition) is 2. The SMILES string of the molecule is CC(NC(=O)C1CC(=O)N(c2ccccc2)C1)c1cccc(Cl)c1. The molecule has 1 fully saturated rings. The van der Waals surface area contributed by atoms with Crippen LogP contribution in [0.4, 0.5) is 5.69 Å². The standard InChI is InChI=1S/C19H19ClN2O2/c1-13(14-6-5-7-16(20)10-14)21-19(24)15-11-18(23)22(12-15)17-8-3-2-4-9-17/h2-10,13,15H,11-12H2,1H3,(H,21,24). The third-order valence-electron chi connectivity index (χ3n) is 4.27. The van der Waals surface area contributed by atoms with Crippen molar-refractivity contribution in [2.24, 2.45) is 5.92 Å². The van der Waals surface area contributed by atoms with Crippen LogP contribution in [0.5, 0.6) is 0 Å². The van der Waals surface area contributed by atoms with E-state index >= 15 is 0 Å². The van der Waals surface area contributed by atoms with Gasteiger partial charge in [-0.25, -0.2) is 0 Å². The highest BCUT2D eigenvalue weighted by molar-refractivity contribution is 6.30. The molecule has 1 aliphatic rings. The number of amides is 2. The molecule has 5 heteroatoms. The van der Waals surface area contributed by atoms with Crippen LogP contribution in [0.15, 0.2) is 54.6 Å². The molecule has 1 aliphatic heterocycles. The number of hydrogen-bond donors (Lipinski definition) is 1. The zero-order chi connectivity index (χ0) is 17.1. The predicted octanol–water partition coefficient (Wildman–Crippen LogP) is 3.57. The highest BCUT2D eigenvalue weighted by Gasteiger charge is 2.35. The van der Waals surface area contributed by atoms with Crippen molar-refractivity contribution in [3.05, 3.63) is 65.2 Å². The first-order valence-electron chi connectivity index (χ1n) is 7.96. The third-order valence-corrected chi connectivity index (χ3v) is 4.51. The Balaban J connectivity index is 1.65. The van der Waals surface area contributed by atoms with E-state index in [1.165, 1.54) is 0 Å². The van der Waals surface area contributed by atoms with E-state index in [1.54, 1.807) is 11.0 Å². The molecule has 4 nitrogen and oxygen atoms in total. The average Bonchev–Trinajstić information content (AvgIpc) is 2.97. The van der Waals surface area contributed by atoms with Crippen LogP contribution in [-0.4, -0.2) is 18.4 Å². The molecule has 0 radical (unpaired) electrons. The lowest BCUT2D eigenvalue weighted by Crippen LogP contribution is -2.34. The van der Waals surface area contributed by atoms with Crippen molar-refractivity contribution in [1.29, 1.82) is 0 Å². The molecule has 24 heavy (non-hydrogen) atoms. The van der Waals surface area contributed by atoms with Gasteiger partial charge in [-0.3, -0.25) is 9.59 Å². The Labute approximate surface area is 146 Å². The number of benzene rings is 2. The highest BCUT2D eigenvalue weighted by atomic mass is 35.5. The fourth-order valence-corrected chi connectivity index (χ4v) is 3.13. The fraction of sp³-hybridized carbons (Fsp3) is 0.263. The zero-order valence-electron chi connectivity index (χ0n) is 13.4. The van der Waals surface area contributed by atoms with E-state index in [1.807, 2.05) is 55.5 Å². The first kappa shape index (κ1) is 16.5. The molecule has 2 atom stereocenters. The maximum absolute atomic E-state index is 12.5. The van der Waals surface area contributed by atoms with Gasteiger partial charge in [0, 0.05) is 23.7 Å². The number of halogens is 1. The first-order valence-corrected chi connectivity index (χ1v) is 8.33. The van der Waals surface area contributed by atoms with E-state index < -0.39 is 0 Å². The number of nitrogens with zero attached hydrogens (tertiary/aromatic N) is 1. The minimum Gasteiger partial charge on any atom is -0.349 e. The van der Waals surface area contributed by atoms with Crippen molar-refractivity contribution in [2.75, 3.05) is 11.4 Å². The molecule has 2 unspecified atom stereocenters. The zero-order valence-corrected chi connectivity index (χ0v) is 14.2. The van der Waals surface area contributed by atoms with Crippen molar-refractivity contribution in [1.82, 2.24) is 5.32 Å². The van der Waals surface area contributed by atoms with Crippen molar-refractivity contribution in [2.45, 2.75) is 19.4 Å². The van der Waals surface area contributed by atoms with Crippen LogP contribution >= 0.6 is 11.6 Å². The van der Waals surface area contributed by atoms with E-state index in [4.69, 9.17) is 11.6 Å². The second-order valence-electron chi connectivity index (χ2n) is 6.03. The van der Waals surface area contributed by atoms with Crippen molar-refractivity contribution in [3.8, 4) is 0 Å². The van der Waals surface area contributed by atoms with Gasteiger partial charge in [0.2, 0.25) is 11.8 Å². The van der Waals surface area contributed by atoms with Gasteiger partial charge in [-0.1, -0.05) is 41.9 Å². The summed E-state index contributed by atoms with van der Waals surface area (Å²) in [6.45, 7) is 2.33. The van der Waals surface area contributed by atoms with Gasteiger partial charge >= 0.3 is 0 Å². The first-order chi connectivity index (χ1) is 11.5. The van der Waals surface area contributed by atoms with E-state index in [0.717, 1.165) is 11.3 Å². The normalized spacial score (nSPS) is 18.5. The molecular weight excluding hydrogens is 324 g/mol. The Morgan fingerprint density at radius 1 is 1.21 bits per heavy atom. The maximum Gasteiger partial charge on any atom is 0.227 e. The van der Waals surface area contributed by atoms with Gasteiger partial charge in [-0.2, -0.15) is 0 Å². The molecule has 1 N–H and O–H groups in total. The molecule has 3 rings (SSSR count). The summed E-state index contributed by atoms with van der Waals surface area (Å²) in [6, 6.07) is 16.7. The topological polar surface area (TPSA) is 49.4 Å². The van der Waals surface area contributed by atoms with E-state index in [0.29, 0.717) is 11.6 Å². The Morgan fingerprint density at radius 3 is 2.67 bits per heavy atom. The number of anilines is 1. The monoisotopic (exact) mass is 342 g/mol. The van der Waals surface area contributed by atoms with Gasteiger partial charge in [0.25, 0.3) is 0 Å². The maximum atomic E-state index is 12.5. The number of carbonyl (C=O) groups excluding carboxylic acids is 2. The molecule has 1 saturated heterocycles. The van der Waals surface area contributed by atoms with Crippen molar-refractivity contribution >= 4 is 29.1 Å². The van der Waals surface area contributed by atoms with Crippen LogP contribution in [0.2, 0.25) is 5.02 Å². The Morgan fingerprint density at radius 2 is 1.96 bits per heavy atom. The molecule has 2 aromatic carbocycles. The molecular formula is C19H19ClN2O2. The van der Waals surface area contributed by atoms with Gasteiger partial charge in [0.1, 0.15) is 0 Å². The lowest BCUT2D eigenvalue weighted by atomic mass is 10.1. The summed E-state index contributed by atoms with van der Waals surface area (Å²) in [5.41, 5.74) is 1.78. The quantitative estimate of drug-likeness (QED) is 0.923. The summed E-state index contributed by atoms with van der Waals surface area (Å²) in [4.78, 5) is 26.4. The molecule has 0 aromatic heterocycles. The number of rotatable bonds is 4. The predicted molar refractivity (Wildman–Crippen MR) is 94.9 cm³/mol. The smallest absolute Gasteiger partial charge is 0.227 e. The molecule has 1 heterocycles. The Hall–Kier alpha value is -2.33. The minimum atomic E-state index is -0.334. The van der Waals surface area contributed by atoms with Crippen LogP contribution in [-0.2, 0) is 9.59 Å². The largest absolute Gasteiger partial charge is 0.349 e. The molecule has 0 saturated carbocycles. The molecule has 0 aliphatic carbocycles. The van der Waals surface area contributed by atoms with E-state index in [2.05, 4.69) is 5.32 Å². The van der Waals surface area contributed by atoms with Gasteiger partial charge in [0.15, 0.2) is 0 Å². The molecule has 0 spiro atoms. The number of nitrogens with one attached hydrogen (secondary N) is 1. The van der Waals surface area contributed by atoms with Crippen LogP contribution < -0.4 is 10.2 Å². The lowest BCUT2D eigenvalue weighted by molar-refractivity contribution is -0.126. The summed E-state index contributed by atoms with van der Waals surface area (Å²) in [5.74, 6) is -0.453. The molecule has 0 bridgehead atoms. The number of carbonyl (C=O) groups is 2. The Kier molecular flexibility index (Phi) is 4.86. The van der Waals surface area contributed by atoms with Crippen molar-refractivity contribution < 1.29 is 9.59 Å². The second-order valence-corrected chi connectivity index (χ2v) is 6.46. The molecule has 2 aromatic rings. The minimum absolute atomic E-state index is 0.0169. The van der Waals surface area contributed by atoms with Gasteiger partial charge in [0.05, 0.1) is 12.0 Å². The summed E-state index contributed by atoms with van der Waals surface area (Å²) in [5, 5.41) is 3.62. The highest BCUT2D eigenvalue weighted by Crippen LogP contribution is 2.26. The molecule has 124 valence electrons. The Bertz CT molecular complexity index is 748. The second kappa shape index (κ2) is 7.05. The van der Waals surface area contributed by atoms with Gasteiger partial charge in [-0.05, 0) is 36.8 Å². The van der Waals surface area contributed by atoms with Crippen LogP contribution in [0.1, 0.15) is 24.9 Å². The summed E-state index contributed by atoms with van der Waals surface area (Å²) >= 11 is 5.99. The third kappa shape index (κ3) is 3.60.